The first-order valence-electron chi connectivity index (χ1n) is 9.82. The number of β-lactam (4-membered cyclic amide) rings is 1. The maximum atomic E-state index is 13.1. The summed E-state index contributed by atoms with van der Waals surface area (Å²) in [6, 6.07) is 7.58. The van der Waals surface area contributed by atoms with E-state index in [0.717, 1.165) is 0 Å². The molecule has 3 amide bonds. The molecule has 10 heteroatoms. The number of aromatic amines is 1. The summed E-state index contributed by atoms with van der Waals surface area (Å²) in [6.07, 6.45) is 2.14. The molecule has 30 heavy (non-hydrogen) atoms. The van der Waals surface area contributed by atoms with Crippen LogP contribution in [0, 0.1) is 0 Å². The largest absolute Gasteiger partial charge is 0.341 e. The molecule has 0 bridgehead atoms. The number of benzene rings is 1. The van der Waals surface area contributed by atoms with Gasteiger partial charge in [0.25, 0.3) is 0 Å². The molecule has 3 atom stereocenters. The van der Waals surface area contributed by atoms with Crippen LogP contribution in [-0.4, -0.2) is 60.7 Å². The predicted octanol–water partition coefficient (Wildman–Crippen LogP) is 0.773. The van der Waals surface area contributed by atoms with Crippen LogP contribution >= 0.6 is 11.8 Å². The molecule has 1 aromatic carbocycles. The Hall–Kier alpha value is -2.88. The minimum Gasteiger partial charge on any atom is -0.341 e. The first kappa shape index (κ1) is 20.4. The van der Waals surface area contributed by atoms with Crippen LogP contribution in [-0.2, 0) is 20.8 Å². The smallest absolute Gasteiger partial charge is 0.249 e. The van der Waals surface area contributed by atoms with E-state index in [1.807, 2.05) is 18.2 Å². The molecule has 0 aliphatic carbocycles. The van der Waals surface area contributed by atoms with Crippen LogP contribution in [0.4, 0.5) is 0 Å². The lowest BCUT2D eigenvalue weighted by atomic mass is 10.0. The van der Waals surface area contributed by atoms with E-state index < -0.39 is 12.1 Å². The number of thioether (sulfide) groups is 1. The zero-order chi connectivity index (χ0) is 21.3. The maximum absolute atomic E-state index is 13.1. The van der Waals surface area contributed by atoms with Crippen LogP contribution in [0.1, 0.15) is 37.6 Å². The maximum Gasteiger partial charge on any atom is 0.249 e. The van der Waals surface area contributed by atoms with Crippen molar-refractivity contribution in [2.75, 3.05) is 6.54 Å². The lowest BCUT2D eigenvalue weighted by Gasteiger charge is -2.42. The van der Waals surface area contributed by atoms with E-state index in [9.17, 15) is 14.4 Å². The number of fused-ring (bicyclic) bond motifs is 1. The number of aryl methyl sites for hydroxylation is 1. The lowest BCUT2D eigenvalue weighted by molar-refractivity contribution is -0.148. The zero-order valence-electron chi connectivity index (χ0n) is 16.8. The van der Waals surface area contributed by atoms with Crippen molar-refractivity contribution in [3.05, 3.63) is 47.8 Å². The summed E-state index contributed by atoms with van der Waals surface area (Å²) in [6.45, 7) is 4.85. The summed E-state index contributed by atoms with van der Waals surface area (Å²) in [5.74, 6) is -0.741. The van der Waals surface area contributed by atoms with Gasteiger partial charge < -0.3 is 15.5 Å². The van der Waals surface area contributed by atoms with Gasteiger partial charge in [-0.15, -0.1) is 11.8 Å². The Balaban J connectivity index is 1.43. The topological polar surface area (TPSA) is 120 Å². The Morgan fingerprint density at radius 3 is 2.80 bits per heavy atom. The third-order valence-electron chi connectivity index (χ3n) is 5.20. The highest BCUT2D eigenvalue weighted by atomic mass is 32.2. The molecule has 4 rings (SSSR count). The highest BCUT2D eigenvalue weighted by Gasteiger charge is 2.56. The van der Waals surface area contributed by atoms with Crippen LogP contribution in [0.25, 0.3) is 0 Å². The van der Waals surface area contributed by atoms with Gasteiger partial charge in [-0.25, -0.2) is 0 Å². The van der Waals surface area contributed by atoms with Gasteiger partial charge in [0, 0.05) is 24.1 Å². The Kier molecular flexibility index (Phi) is 5.50. The monoisotopic (exact) mass is 428 g/mol. The summed E-state index contributed by atoms with van der Waals surface area (Å²) >= 11 is 1.69. The fourth-order valence-electron chi connectivity index (χ4n) is 3.73. The third-order valence-corrected chi connectivity index (χ3v) is 6.74. The molecule has 0 radical (unpaired) electrons. The van der Waals surface area contributed by atoms with Crippen LogP contribution in [0.3, 0.4) is 0 Å². The predicted molar refractivity (Wildman–Crippen MR) is 111 cm³/mol. The van der Waals surface area contributed by atoms with Gasteiger partial charge in [0.1, 0.15) is 17.5 Å². The van der Waals surface area contributed by atoms with E-state index in [-0.39, 0.29) is 34.3 Å². The number of carbonyl (C=O) groups excluding carboxylic acids is 3. The molecule has 2 aliphatic rings. The molecule has 2 fully saturated rings. The van der Waals surface area contributed by atoms with Gasteiger partial charge in [-0.1, -0.05) is 30.3 Å². The number of nitrogens with zero attached hydrogens (tertiary/aromatic N) is 3. The normalized spacial score (nSPS) is 22.7. The number of H-pyrrole nitrogens is 1. The Morgan fingerprint density at radius 1 is 1.33 bits per heavy atom. The van der Waals surface area contributed by atoms with Crippen LogP contribution in [0.2, 0.25) is 0 Å². The molecular weight excluding hydrogens is 404 g/mol. The molecule has 2 aliphatic heterocycles. The van der Waals surface area contributed by atoms with Gasteiger partial charge in [-0.3, -0.25) is 14.4 Å². The van der Waals surface area contributed by atoms with Crippen molar-refractivity contribution in [1.82, 2.24) is 30.9 Å². The second-order valence-electron chi connectivity index (χ2n) is 8.09. The number of aromatic nitrogens is 3. The molecule has 3 heterocycles. The highest BCUT2D eigenvalue weighted by molar-refractivity contribution is 8.01. The Bertz CT molecular complexity index is 933. The molecular formula is C20H24N6O3S. The highest BCUT2D eigenvalue weighted by Crippen LogP contribution is 2.46. The fraction of sp³-hybridized carbons (Fsp3) is 0.450. The minimum atomic E-state index is -0.878. The number of nitrogens with one attached hydrogen (secondary N) is 3. The summed E-state index contributed by atoms with van der Waals surface area (Å²) in [5, 5.41) is 15.8. The van der Waals surface area contributed by atoms with Gasteiger partial charge >= 0.3 is 0 Å². The van der Waals surface area contributed by atoms with Crippen LogP contribution in [0.15, 0.2) is 36.5 Å². The molecule has 9 nitrogen and oxygen atoms in total. The molecule has 1 aromatic heterocycles. The van der Waals surface area contributed by atoms with Crippen molar-refractivity contribution in [3.63, 3.8) is 0 Å². The number of rotatable bonds is 7. The average molecular weight is 429 g/mol. The van der Waals surface area contributed by atoms with Crippen LogP contribution in [0.5, 0.6) is 0 Å². The average Bonchev–Trinajstić information content (AvgIpc) is 3.35. The second-order valence-corrected chi connectivity index (χ2v) is 9.92. The van der Waals surface area contributed by atoms with E-state index in [0.29, 0.717) is 24.2 Å². The summed E-state index contributed by atoms with van der Waals surface area (Å²) in [7, 11) is 0. The van der Waals surface area contributed by atoms with Gasteiger partial charge in [0.2, 0.25) is 17.7 Å². The molecule has 2 saturated heterocycles. The van der Waals surface area contributed by atoms with Gasteiger partial charge in [0.05, 0.1) is 11.9 Å². The summed E-state index contributed by atoms with van der Waals surface area (Å²) in [5.41, 5.74) is 1.33. The molecule has 0 saturated carbocycles. The summed E-state index contributed by atoms with van der Waals surface area (Å²) < 4.78 is -0.0338. The summed E-state index contributed by atoms with van der Waals surface area (Å²) in [4.78, 5) is 39.8. The number of carbonyl (C=O) groups is 3. The Labute approximate surface area is 178 Å². The minimum absolute atomic E-state index is 0.0338. The van der Waals surface area contributed by atoms with Crippen molar-refractivity contribution in [1.29, 1.82) is 0 Å². The quantitative estimate of drug-likeness (QED) is 0.561. The van der Waals surface area contributed by atoms with Gasteiger partial charge in [-0.2, -0.15) is 15.4 Å². The van der Waals surface area contributed by atoms with E-state index in [1.54, 1.807) is 35.0 Å². The molecule has 158 valence electrons. The van der Waals surface area contributed by atoms with Crippen molar-refractivity contribution < 1.29 is 14.4 Å². The zero-order valence-corrected chi connectivity index (χ0v) is 17.6. The number of hydrogen-bond acceptors (Lipinski definition) is 6. The molecule has 1 unspecified atom stereocenters. The standard InChI is InChI=1S/C20H24N6O3S/c1-20(2)11-26-18(29)16(19(26)30-20)23-17(28)15(12-6-4-3-5-7-12)22-14(27)9-8-13-10-21-25-24-13/h3-7,10,15-16,19H,8-9,11H2,1-2H3,(H,22,27)(H,23,28)(H,21,24,25)/t15-,16-,19?/m1/s1. The van der Waals surface area contributed by atoms with E-state index in [4.69, 9.17) is 0 Å². The van der Waals surface area contributed by atoms with Crippen LogP contribution < -0.4 is 10.6 Å². The second kappa shape index (κ2) is 8.10. The first-order chi connectivity index (χ1) is 14.3. The van der Waals surface area contributed by atoms with Gasteiger partial charge in [-0.05, 0) is 19.4 Å². The van der Waals surface area contributed by atoms with E-state index in [2.05, 4.69) is 39.9 Å². The molecule has 0 spiro atoms. The molecule has 2 aromatic rings. The molecule has 3 N–H and O–H groups in total. The number of hydrogen-bond donors (Lipinski definition) is 3. The van der Waals surface area contributed by atoms with Crippen molar-refractivity contribution in [2.24, 2.45) is 0 Å². The van der Waals surface area contributed by atoms with E-state index in [1.165, 1.54) is 0 Å². The van der Waals surface area contributed by atoms with Crippen molar-refractivity contribution >= 4 is 29.5 Å². The third kappa shape index (κ3) is 4.18. The van der Waals surface area contributed by atoms with Crippen molar-refractivity contribution in [3.8, 4) is 0 Å². The Morgan fingerprint density at radius 2 is 2.10 bits per heavy atom. The fourth-order valence-corrected chi connectivity index (χ4v) is 5.23. The van der Waals surface area contributed by atoms with Crippen molar-refractivity contribution in [2.45, 2.75) is 48.9 Å². The first-order valence-corrected chi connectivity index (χ1v) is 10.7. The SMILES string of the molecule is CC1(C)CN2C(=O)[C@@H](NC(=O)[C@H](NC(=O)CCc3cn[nH]n3)c3ccccc3)C2S1. The van der Waals surface area contributed by atoms with E-state index >= 15 is 0 Å². The number of amides is 3. The van der Waals surface area contributed by atoms with Gasteiger partial charge in [0.15, 0.2) is 0 Å². The lowest BCUT2D eigenvalue weighted by Crippen LogP contribution is -2.68.